The van der Waals surface area contributed by atoms with Crippen molar-refractivity contribution in [2.24, 2.45) is 5.73 Å². The van der Waals surface area contributed by atoms with Crippen LogP contribution < -0.4 is 11.1 Å². The van der Waals surface area contributed by atoms with Crippen molar-refractivity contribution in [3.63, 3.8) is 0 Å². The number of carbonyl (C=O) groups excluding carboxylic acids is 2. The molecule has 3 N–H and O–H groups in total. The molecule has 0 aliphatic rings. The monoisotopic (exact) mass is 644 g/mol. The fourth-order valence-corrected chi connectivity index (χ4v) is 5.62. The Morgan fingerprint density at radius 1 is 0.844 bits per heavy atom. The van der Waals surface area contributed by atoms with Crippen LogP contribution in [0.2, 0.25) is 0 Å². The Hall–Kier alpha value is -5.38. The van der Waals surface area contributed by atoms with E-state index in [1.54, 1.807) is 18.2 Å². The molecule has 0 unspecified atom stereocenters. The van der Waals surface area contributed by atoms with Crippen molar-refractivity contribution in [1.29, 1.82) is 0 Å². The number of pyridine rings is 1. The number of aromatic nitrogens is 4. The molecule has 2 amide bonds. The third-order valence-corrected chi connectivity index (χ3v) is 7.69. The molecule has 0 bridgehead atoms. The molecule has 228 valence electrons. The molecule has 2 aromatic carbocycles. The first-order valence-corrected chi connectivity index (χ1v) is 13.5. The third-order valence-electron chi connectivity index (χ3n) is 6.59. The lowest BCUT2D eigenvalue weighted by Crippen LogP contribution is -2.18. The number of anilines is 1. The predicted octanol–water partition coefficient (Wildman–Crippen LogP) is 7.20. The minimum absolute atomic E-state index is 0.0352. The number of nitrogens with two attached hydrogens (primary N) is 1. The van der Waals surface area contributed by atoms with E-state index >= 15 is 0 Å². The minimum atomic E-state index is -4.95. The molecule has 0 aliphatic heterocycles. The number of thiophene rings is 1. The van der Waals surface area contributed by atoms with E-state index in [1.165, 1.54) is 24.3 Å². The molecule has 6 rings (SSSR count). The molecule has 0 aliphatic carbocycles. The zero-order valence-corrected chi connectivity index (χ0v) is 23.0. The molecule has 0 atom stereocenters. The number of primary amides is 1. The van der Waals surface area contributed by atoms with Gasteiger partial charge in [0, 0.05) is 17.0 Å². The first-order valence-electron chi connectivity index (χ1n) is 12.7. The lowest BCUT2D eigenvalue weighted by molar-refractivity contribution is -0.143. The smallest absolute Gasteiger partial charge is 0.365 e. The van der Waals surface area contributed by atoms with E-state index in [9.17, 15) is 40.3 Å². The summed E-state index contributed by atoms with van der Waals surface area (Å²) in [6, 6.07) is 14.7. The Morgan fingerprint density at radius 3 is 2.16 bits per heavy atom. The quantitative estimate of drug-likeness (QED) is 0.193. The van der Waals surface area contributed by atoms with E-state index < -0.39 is 47.1 Å². The van der Waals surface area contributed by atoms with E-state index in [2.05, 4.69) is 20.4 Å². The third kappa shape index (κ3) is 5.55. The average Bonchev–Trinajstić information content (AvgIpc) is 3.58. The molecule has 45 heavy (non-hydrogen) atoms. The Labute approximate surface area is 251 Å². The molecule has 4 aromatic heterocycles. The average molecular weight is 645 g/mol. The summed E-state index contributed by atoms with van der Waals surface area (Å²) in [6.45, 7) is 0. The fourth-order valence-electron chi connectivity index (χ4n) is 4.62. The van der Waals surface area contributed by atoms with Crippen molar-refractivity contribution in [3.05, 3.63) is 101 Å². The zero-order chi connectivity index (χ0) is 32.3. The number of amides is 2. The molecule has 0 saturated carbocycles. The van der Waals surface area contributed by atoms with Gasteiger partial charge in [-0.1, -0.05) is 30.3 Å². The maximum absolute atomic E-state index is 14.0. The Bertz CT molecular complexity index is 2120. The van der Waals surface area contributed by atoms with Crippen LogP contribution in [0.4, 0.5) is 36.4 Å². The van der Waals surface area contributed by atoms with Gasteiger partial charge in [-0.3, -0.25) is 9.59 Å². The SMILES string of the molecule is NC(=O)c1sc2nc(C(F)(F)F)cc(-c3ccccc3)c2c1NC(=O)c1cc2nc(-c3ccc(F)cc3)cc(C(F)(F)F)n2n1. The second-order valence-corrected chi connectivity index (χ2v) is 10.6. The highest BCUT2D eigenvalue weighted by molar-refractivity contribution is 7.21. The second kappa shape index (κ2) is 10.7. The highest BCUT2D eigenvalue weighted by Crippen LogP contribution is 2.44. The Balaban J connectivity index is 1.50. The number of hydrogen-bond donors (Lipinski definition) is 2. The summed E-state index contributed by atoms with van der Waals surface area (Å²) in [5.41, 5.74) is 1.95. The van der Waals surface area contributed by atoms with Crippen molar-refractivity contribution in [2.45, 2.75) is 12.4 Å². The van der Waals surface area contributed by atoms with Gasteiger partial charge in [-0.15, -0.1) is 11.3 Å². The molecular weight excluding hydrogens is 629 g/mol. The van der Waals surface area contributed by atoms with Crippen molar-refractivity contribution in [1.82, 2.24) is 19.6 Å². The number of hydrogen-bond acceptors (Lipinski definition) is 6. The van der Waals surface area contributed by atoms with Gasteiger partial charge in [0.05, 0.1) is 11.4 Å². The standard InChI is InChI=1S/C29H15F7N6O2S/c30-15-8-6-14(7-9-15)17-11-20(29(34,35)36)42-21(38-17)12-18(41-42)26(44)40-23-22-16(13-4-2-1-3-5-13)10-19(28(31,32)33)39-27(22)45-24(23)25(37)43/h1-12H,(H2,37,43)(H,40,44). The molecule has 0 spiro atoms. The normalized spacial score (nSPS) is 12.2. The fraction of sp³-hybridized carbons (Fsp3) is 0.0690. The van der Waals surface area contributed by atoms with E-state index in [-0.39, 0.29) is 43.2 Å². The van der Waals surface area contributed by atoms with Gasteiger partial charge in [0.15, 0.2) is 17.0 Å². The molecule has 0 radical (unpaired) electrons. The highest BCUT2D eigenvalue weighted by atomic mass is 32.1. The van der Waals surface area contributed by atoms with Gasteiger partial charge >= 0.3 is 12.4 Å². The van der Waals surface area contributed by atoms with Gasteiger partial charge in [-0.2, -0.15) is 31.4 Å². The van der Waals surface area contributed by atoms with Gasteiger partial charge < -0.3 is 11.1 Å². The van der Waals surface area contributed by atoms with Crippen LogP contribution in [0.5, 0.6) is 0 Å². The first-order chi connectivity index (χ1) is 21.2. The number of rotatable bonds is 5. The van der Waals surface area contributed by atoms with Gasteiger partial charge in [-0.05, 0) is 47.5 Å². The zero-order valence-electron chi connectivity index (χ0n) is 22.2. The summed E-state index contributed by atoms with van der Waals surface area (Å²) in [4.78, 5) is 33.0. The van der Waals surface area contributed by atoms with E-state index in [1.807, 2.05) is 0 Å². The van der Waals surface area contributed by atoms with Crippen molar-refractivity contribution in [2.75, 3.05) is 5.32 Å². The van der Waals surface area contributed by atoms with E-state index in [0.29, 0.717) is 27.5 Å². The number of nitrogens with one attached hydrogen (secondary N) is 1. The molecular formula is C29H15F7N6O2S. The van der Waals surface area contributed by atoms with Crippen LogP contribution in [0.15, 0.2) is 72.8 Å². The number of nitrogens with zero attached hydrogens (tertiary/aromatic N) is 4. The van der Waals surface area contributed by atoms with Crippen LogP contribution in [-0.2, 0) is 12.4 Å². The van der Waals surface area contributed by atoms with Crippen LogP contribution in [-0.4, -0.2) is 31.4 Å². The molecule has 4 heterocycles. The van der Waals surface area contributed by atoms with E-state index in [4.69, 9.17) is 5.73 Å². The van der Waals surface area contributed by atoms with Crippen LogP contribution in [0.1, 0.15) is 31.5 Å². The maximum Gasteiger partial charge on any atom is 0.433 e. The highest BCUT2D eigenvalue weighted by Gasteiger charge is 2.37. The lowest BCUT2D eigenvalue weighted by atomic mass is 10.0. The van der Waals surface area contributed by atoms with Gasteiger partial charge in [0.2, 0.25) is 0 Å². The largest absolute Gasteiger partial charge is 0.433 e. The van der Waals surface area contributed by atoms with Gasteiger partial charge in [-0.25, -0.2) is 18.9 Å². The van der Waals surface area contributed by atoms with Crippen molar-refractivity contribution < 1.29 is 40.3 Å². The number of fused-ring (bicyclic) bond motifs is 2. The summed E-state index contributed by atoms with van der Waals surface area (Å²) < 4.78 is 97.2. The predicted molar refractivity (Wildman–Crippen MR) is 150 cm³/mol. The van der Waals surface area contributed by atoms with Crippen LogP contribution >= 0.6 is 11.3 Å². The molecule has 0 fully saturated rings. The summed E-state index contributed by atoms with van der Waals surface area (Å²) >= 11 is 0.506. The summed E-state index contributed by atoms with van der Waals surface area (Å²) in [6.07, 6.45) is -9.81. The topological polar surface area (TPSA) is 115 Å². The minimum Gasteiger partial charge on any atom is -0.365 e. The second-order valence-electron chi connectivity index (χ2n) is 9.55. The van der Waals surface area contributed by atoms with Crippen molar-refractivity contribution in [3.8, 4) is 22.4 Å². The van der Waals surface area contributed by atoms with Crippen LogP contribution in [0.25, 0.3) is 38.2 Å². The number of alkyl halides is 6. The summed E-state index contributed by atoms with van der Waals surface area (Å²) in [5, 5.41) is 6.13. The Morgan fingerprint density at radius 2 is 1.53 bits per heavy atom. The van der Waals surface area contributed by atoms with Crippen molar-refractivity contribution >= 4 is 44.7 Å². The number of carbonyl (C=O) groups is 2. The maximum atomic E-state index is 14.0. The molecule has 0 saturated heterocycles. The number of halogens is 7. The van der Waals surface area contributed by atoms with Crippen LogP contribution in [0.3, 0.4) is 0 Å². The molecule has 8 nitrogen and oxygen atoms in total. The lowest BCUT2D eigenvalue weighted by Gasteiger charge is -2.12. The number of benzene rings is 2. The van der Waals surface area contributed by atoms with Gasteiger partial charge in [0.1, 0.15) is 21.2 Å². The molecule has 6 aromatic rings. The van der Waals surface area contributed by atoms with Crippen LogP contribution in [0, 0.1) is 5.82 Å². The van der Waals surface area contributed by atoms with E-state index in [0.717, 1.165) is 24.3 Å². The first kappa shape index (κ1) is 29.7. The summed E-state index contributed by atoms with van der Waals surface area (Å²) in [5.74, 6) is -2.82. The molecule has 16 heteroatoms. The summed E-state index contributed by atoms with van der Waals surface area (Å²) in [7, 11) is 0. The van der Waals surface area contributed by atoms with Gasteiger partial charge in [0.25, 0.3) is 11.8 Å². The Kier molecular flexibility index (Phi) is 7.03.